The molecule has 1 atom stereocenters. The Morgan fingerprint density at radius 2 is 1.58 bits per heavy atom. The molecule has 1 saturated heterocycles. The van der Waals surface area contributed by atoms with Gasteiger partial charge >= 0.3 is 6.18 Å². The number of H-pyrrole nitrogens is 1. The van der Waals surface area contributed by atoms with Crippen molar-refractivity contribution in [2.24, 2.45) is 17.6 Å². The van der Waals surface area contributed by atoms with Gasteiger partial charge in [0.1, 0.15) is 6.04 Å². The van der Waals surface area contributed by atoms with Crippen molar-refractivity contribution >= 4 is 27.5 Å². The molecule has 6 rings (SSSR count). The summed E-state index contributed by atoms with van der Waals surface area (Å²) in [5.74, 6) is -0.244. The van der Waals surface area contributed by atoms with Gasteiger partial charge in [-0.15, -0.1) is 10.2 Å². The number of alkyl halides is 3. The Bertz CT molecular complexity index is 1960. The summed E-state index contributed by atoms with van der Waals surface area (Å²) in [7, 11) is -4.19. The number of halogens is 3. The predicted molar refractivity (Wildman–Crippen MR) is 191 cm³/mol. The van der Waals surface area contributed by atoms with Crippen LogP contribution < -0.4 is 26.4 Å². The largest absolute Gasteiger partial charge is 0.417 e. The topological polar surface area (TPSA) is 197 Å². The number of carbonyl (C=O) groups excluding carboxylic acids is 2. The maximum Gasteiger partial charge on any atom is 0.417 e. The number of hydrogen-bond donors (Lipinski definition) is 6. The molecule has 1 aliphatic carbocycles. The van der Waals surface area contributed by atoms with Crippen molar-refractivity contribution < 1.29 is 31.2 Å². The number of nitrogens with one attached hydrogen (secondary N) is 5. The van der Waals surface area contributed by atoms with Gasteiger partial charge in [0.25, 0.3) is 0 Å². The van der Waals surface area contributed by atoms with Crippen molar-refractivity contribution in [3.8, 4) is 22.5 Å². The number of nitrogens with zero attached hydrogens (tertiary/aromatic N) is 3. The van der Waals surface area contributed by atoms with Gasteiger partial charge in [-0.1, -0.05) is 30.3 Å². The molecule has 1 aliphatic heterocycles. The second kappa shape index (κ2) is 16.5. The third kappa shape index (κ3) is 9.64. The highest BCUT2D eigenvalue weighted by molar-refractivity contribution is 7.89. The molecule has 1 aromatic heterocycles. The van der Waals surface area contributed by atoms with Crippen LogP contribution in [0.15, 0.2) is 71.6 Å². The van der Waals surface area contributed by atoms with E-state index in [1.807, 2.05) is 0 Å². The van der Waals surface area contributed by atoms with Crippen LogP contribution in [-0.2, 0) is 32.2 Å². The van der Waals surface area contributed by atoms with E-state index in [2.05, 4.69) is 41.3 Å². The molecule has 13 nitrogen and oxygen atoms in total. The Morgan fingerprint density at radius 1 is 0.906 bits per heavy atom. The van der Waals surface area contributed by atoms with E-state index in [4.69, 9.17) is 5.73 Å². The number of benzene rings is 3. The van der Waals surface area contributed by atoms with Crippen LogP contribution in [-0.4, -0.2) is 72.6 Å². The van der Waals surface area contributed by atoms with Gasteiger partial charge in [-0.2, -0.15) is 18.4 Å². The maximum absolute atomic E-state index is 14.4. The average Bonchev–Trinajstić information content (AvgIpc) is 3.70. The lowest BCUT2D eigenvalue weighted by Gasteiger charge is -2.28. The van der Waals surface area contributed by atoms with Crippen LogP contribution in [0.4, 0.5) is 18.9 Å². The van der Waals surface area contributed by atoms with Crippen LogP contribution in [0.2, 0.25) is 0 Å². The second-order valence-electron chi connectivity index (χ2n) is 13.6. The van der Waals surface area contributed by atoms with Crippen LogP contribution in [0.3, 0.4) is 0 Å². The molecule has 2 heterocycles. The summed E-state index contributed by atoms with van der Waals surface area (Å²) in [5.41, 5.74) is 6.49. The van der Waals surface area contributed by atoms with Crippen molar-refractivity contribution in [2.75, 3.05) is 25.0 Å². The highest BCUT2D eigenvalue weighted by Gasteiger charge is 2.36. The maximum atomic E-state index is 14.4. The molecule has 1 saturated carbocycles. The first kappa shape index (κ1) is 38.0. The van der Waals surface area contributed by atoms with Gasteiger partial charge in [0.15, 0.2) is 0 Å². The van der Waals surface area contributed by atoms with Crippen LogP contribution in [0.1, 0.15) is 49.7 Å². The second-order valence-corrected chi connectivity index (χ2v) is 15.3. The monoisotopic (exact) mass is 753 g/mol. The Hall–Kier alpha value is -4.71. The quantitative estimate of drug-likeness (QED) is 0.124. The van der Waals surface area contributed by atoms with E-state index in [9.17, 15) is 31.2 Å². The zero-order chi connectivity index (χ0) is 37.6. The molecular weight excluding hydrogens is 712 g/mol. The SMILES string of the molecule is NCC1CCC(C(=O)NC(Cc2ccc(-c3ccc(S(=O)(=O)NC4CCNCC4)cc3C(F)(F)F)cc2)C(=O)Nc2ccc(-c3nn[nH]n3)cc2)CC1. The van der Waals surface area contributed by atoms with Gasteiger partial charge in [-0.05, 0) is 122 Å². The molecule has 3 aromatic carbocycles. The molecule has 53 heavy (non-hydrogen) atoms. The lowest BCUT2D eigenvalue weighted by molar-refractivity contribution is -0.137. The Labute approximate surface area is 305 Å². The summed E-state index contributed by atoms with van der Waals surface area (Å²) in [6.07, 6.45) is -0.755. The van der Waals surface area contributed by atoms with E-state index in [1.54, 1.807) is 36.4 Å². The zero-order valence-electron chi connectivity index (χ0n) is 28.8. The van der Waals surface area contributed by atoms with E-state index in [-0.39, 0.29) is 35.4 Å². The number of anilines is 1. The first-order valence-corrected chi connectivity index (χ1v) is 19.1. The van der Waals surface area contributed by atoms with Crippen LogP contribution in [0.25, 0.3) is 22.5 Å². The fourth-order valence-electron chi connectivity index (χ4n) is 6.84. The van der Waals surface area contributed by atoms with Gasteiger partial charge in [0.2, 0.25) is 27.7 Å². The standard InChI is InChI=1S/C36H42F3N9O4S/c37-36(38,39)31-20-29(53(51,52)46-28-15-17-41-18-16-28)13-14-30(31)24-5-1-22(2-6-24)19-32(43-34(49)26-7-3-23(21-40)4-8-26)35(50)42-27-11-9-25(10-12-27)33-44-47-48-45-33/h1-2,5-6,9-14,20,23,26,28,32,41,46H,3-4,7-8,15-19,21,40H2,(H,42,50)(H,43,49)(H,44,45,47,48). The molecule has 2 amide bonds. The van der Waals surface area contributed by atoms with Gasteiger partial charge < -0.3 is 21.7 Å². The molecule has 17 heteroatoms. The molecule has 0 bridgehead atoms. The molecule has 1 unspecified atom stereocenters. The fourth-order valence-corrected chi connectivity index (χ4v) is 8.17. The molecule has 2 aliphatic rings. The number of hydrogen-bond acceptors (Lipinski definition) is 9. The van der Waals surface area contributed by atoms with Gasteiger partial charge in [0.05, 0.1) is 10.5 Å². The van der Waals surface area contributed by atoms with Gasteiger partial charge in [-0.25, -0.2) is 13.1 Å². The molecule has 4 aromatic rings. The lowest BCUT2D eigenvalue weighted by Crippen LogP contribution is -2.48. The van der Waals surface area contributed by atoms with Gasteiger partial charge in [-0.3, -0.25) is 9.59 Å². The fraction of sp³-hybridized carbons (Fsp3) is 0.417. The third-order valence-electron chi connectivity index (χ3n) is 9.91. The average molecular weight is 754 g/mol. The molecule has 7 N–H and O–H groups in total. The molecule has 282 valence electrons. The van der Waals surface area contributed by atoms with Crippen molar-refractivity contribution in [3.05, 3.63) is 77.9 Å². The Kier molecular flexibility index (Phi) is 11.9. The molecular formula is C36H42F3N9O4S. The number of aromatic nitrogens is 4. The molecule has 2 fully saturated rings. The van der Waals surface area contributed by atoms with E-state index in [0.717, 1.165) is 18.9 Å². The summed E-state index contributed by atoms with van der Waals surface area (Å²) < 4.78 is 71.7. The highest BCUT2D eigenvalue weighted by atomic mass is 32.2. The number of rotatable bonds is 12. The normalized spacial score (nSPS) is 19.0. The number of piperidine rings is 1. The summed E-state index contributed by atoms with van der Waals surface area (Å²) in [6, 6.07) is 14.6. The van der Waals surface area contributed by atoms with Crippen LogP contribution in [0.5, 0.6) is 0 Å². The Balaban J connectivity index is 1.20. The van der Waals surface area contributed by atoms with Gasteiger partial charge in [0, 0.05) is 29.6 Å². The smallest absolute Gasteiger partial charge is 0.344 e. The van der Waals surface area contributed by atoms with E-state index >= 15 is 0 Å². The number of nitrogens with two attached hydrogens (primary N) is 1. The number of sulfonamides is 1. The van der Waals surface area contributed by atoms with E-state index in [0.29, 0.717) is 79.9 Å². The number of aromatic amines is 1. The van der Waals surface area contributed by atoms with Crippen molar-refractivity contribution in [3.63, 3.8) is 0 Å². The summed E-state index contributed by atoms with van der Waals surface area (Å²) >= 11 is 0. The first-order chi connectivity index (χ1) is 25.4. The van der Waals surface area contributed by atoms with Crippen molar-refractivity contribution in [2.45, 2.75) is 68.1 Å². The minimum Gasteiger partial charge on any atom is -0.344 e. The van der Waals surface area contributed by atoms with Crippen LogP contribution in [0, 0.1) is 11.8 Å². The van der Waals surface area contributed by atoms with Crippen molar-refractivity contribution in [1.82, 2.24) is 36.0 Å². The highest BCUT2D eigenvalue weighted by Crippen LogP contribution is 2.39. The van der Waals surface area contributed by atoms with Crippen molar-refractivity contribution in [1.29, 1.82) is 0 Å². The minimum atomic E-state index is -4.84. The minimum absolute atomic E-state index is 0.0581. The van der Waals surface area contributed by atoms with Crippen LogP contribution >= 0.6 is 0 Å². The number of amides is 2. The Morgan fingerprint density at radius 3 is 2.21 bits per heavy atom. The summed E-state index contributed by atoms with van der Waals surface area (Å²) in [4.78, 5) is 26.6. The zero-order valence-corrected chi connectivity index (χ0v) is 29.6. The molecule has 0 spiro atoms. The first-order valence-electron chi connectivity index (χ1n) is 17.6. The summed E-state index contributed by atoms with van der Waals surface area (Å²) in [6.45, 7) is 1.78. The number of carbonyl (C=O) groups is 2. The van der Waals surface area contributed by atoms with E-state index < -0.39 is 38.6 Å². The number of tetrazole rings is 1. The summed E-state index contributed by atoms with van der Waals surface area (Å²) in [5, 5.41) is 22.7. The lowest BCUT2D eigenvalue weighted by atomic mass is 9.81. The van der Waals surface area contributed by atoms with E-state index in [1.165, 1.54) is 18.2 Å². The molecule has 0 radical (unpaired) electrons. The predicted octanol–water partition coefficient (Wildman–Crippen LogP) is 4.01. The third-order valence-corrected chi connectivity index (χ3v) is 11.4.